The standard InChI is InChI=1S/C19H19N3O4S/c1-20-18(24)16(27-19(20)25)10-13-11-22(15-5-3-2-4-14(13)15)12-17(23)21-6-8-26-9-7-21/h2-5,10-11H,6-9,12H2,1H3/b16-10+. The predicted molar refractivity (Wildman–Crippen MR) is 103 cm³/mol. The lowest BCUT2D eigenvalue weighted by atomic mass is 10.1. The third-order valence-electron chi connectivity index (χ3n) is 4.76. The molecule has 0 aliphatic carbocycles. The summed E-state index contributed by atoms with van der Waals surface area (Å²) in [6.45, 7) is 2.57. The van der Waals surface area contributed by atoms with Crippen LogP contribution < -0.4 is 0 Å². The van der Waals surface area contributed by atoms with E-state index in [2.05, 4.69) is 0 Å². The summed E-state index contributed by atoms with van der Waals surface area (Å²) in [5.41, 5.74) is 1.74. The van der Waals surface area contributed by atoms with Gasteiger partial charge < -0.3 is 14.2 Å². The van der Waals surface area contributed by atoms with Crippen LogP contribution in [0.15, 0.2) is 35.4 Å². The van der Waals surface area contributed by atoms with Gasteiger partial charge in [0.2, 0.25) is 5.91 Å². The number of nitrogens with zero attached hydrogens (tertiary/aromatic N) is 3. The van der Waals surface area contributed by atoms with Gasteiger partial charge in [-0.3, -0.25) is 19.3 Å². The van der Waals surface area contributed by atoms with Crippen LogP contribution in [0.5, 0.6) is 0 Å². The van der Waals surface area contributed by atoms with Gasteiger partial charge in [-0.1, -0.05) is 18.2 Å². The third kappa shape index (κ3) is 3.38. The fraction of sp³-hybridized carbons (Fsp3) is 0.316. The number of thioether (sulfide) groups is 1. The van der Waals surface area contributed by atoms with Gasteiger partial charge in [0.25, 0.3) is 11.1 Å². The number of rotatable bonds is 3. The van der Waals surface area contributed by atoms with E-state index in [0.717, 1.165) is 33.1 Å². The average molecular weight is 385 g/mol. The molecule has 2 saturated heterocycles. The number of benzene rings is 1. The van der Waals surface area contributed by atoms with Gasteiger partial charge >= 0.3 is 0 Å². The topological polar surface area (TPSA) is 71.8 Å². The molecule has 2 aromatic rings. The first kappa shape index (κ1) is 17.8. The van der Waals surface area contributed by atoms with Crippen molar-refractivity contribution in [2.45, 2.75) is 6.54 Å². The highest BCUT2D eigenvalue weighted by Crippen LogP contribution is 2.33. The van der Waals surface area contributed by atoms with E-state index in [0.29, 0.717) is 31.2 Å². The van der Waals surface area contributed by atoms with E-state index < -0.39 is 0 Å². The van der Waals surface area contributed by atoms with E-state index in [9.17, 15) is 14.4 Å². The summed E-state index contributed by atoms with van der Waals surface area (Å²) >= 11 is 0.931. The van der Waals surface area contributed by atoms with Crippen LogP contribution in [-0.4, -0.2) is 64.8 Å². The van der Waals surface area contributed by atoms with Crippen LogP contribution in [0.25, 0.3) is 17.0 Å². The van der Waals surface area contributed by atoms with Crippen molar-refractivity contribution in [3.63, 3.8) is 0 Å². The normalized spacial score (nSPS) is 19.5. The van der Waals surface area contributed by atoms with E-state index in [1.54, 1.807) is 11.0 Å². The molecule has 3 heterocycles. The minimum atomic E-state index is -0.300. The van der Waals surface area contributed by atoms with E-state index >= 15 is 0 Å². The van der Waals surface area contributed by atoms with Crippen molar-refractivity contribution in [3.8, 4) is 0 Å². The molecule has 0 N–H and O–H groups in total. The smallest absolute Gasteiger partial charge is 0.293 e. The highest BCUT2D eigenvalue weighted by molar-refractivity contribution is 8.18. The molecule has 0 spiro atoms. The average Bonchev–Trinajstić information content (AvgIpc) is 3.15. The predicted octanol–water partition coefficient (Wildman–Crippen LogP) is 2.17. The van der Waals surface area contributed by atoms with Crippen LogP contribution in [-0.2, 0) is 20.9 Å². The van der Waals surface area contributed by atoms with Gasteiger partial charge in [0, 0.05) is 42.8 Å². The molecule has 0 radical (unpaired) electrons. The molecule has 0 saturated carbocycles. The summed E-state index contributed by atoms with van der Waals surface area (Å²) in [6, 6.07) is 7.74. The SMILES string of the molecule is CN1C(=O)S/C(=C/c2cn(CC(=O)N3CCOCC3)c3ccccc23)C1=O. The monoisotopic (exact) mass is 385 g/mol. The quantitative estimate of drug-likeness (QED) is 0.758. The fourth-order valence-corrected chi connectivity index (χ4v) is 4.08. The Morgan fingerprint density at radius 3 is 2.67 bits per heavy atom. The minimum Gasteiger partial charge on any atom is -0.378 e. The molecule has 2 aliphatic rings. The maximum atomic E-state index is 12.6. The molecule has 1 aromatic carbocycles. The number of hydrogen-bond donors (Lipinski definition) is 0. The molecule has 2 aliphatic heterocycles. The van der Waals surface area contributed by atoms with Crippen molar-refractivity contribution in [2.75, 3.05) is 33.4 Å². The Balaban J connectivity index is 1.66. The Kier molecular flexibility index (Phi) is 4.75. The van der Waals surface area contributed by atoms with Crippen LogP contribution in [0.2, 0.25) is 0 Å². The van der Waals surface area contributed by atoms with E-state index in [1.807, 2.05) is 35.0 Å². The fourth-order valence-electron chi connectivity index (χ4n) is 3.27. The Bertz CT molecular complexity index is 959. The zero-order chi connectivity index (χ0) is 19.0. The van der Waals surface area contributed by atoms with E-state index in [4.69, 9.17) is 4.74 Å². The first-order chi connectivity index (χ1) is 13.0. The number of para-hydroxylation sites is 1. The lowest BCUT2D eigenvalue weighted by Gasteiger charge is -2.27. The molecule has 1 aromatic heterocycles. The first-order valence-corrected chi connectivity index (χ1v) is 9.51. The first-order valence-electron chi connectivity index (χ1n) is 8.69. The number of amides is 3. The van der Waals surface area contributed by atoms with Gasteiger partial charge in [0.15, 0.2) is 0 Å². The Morgan fingerprint density at radius 1 is 1.22 bits per heavy atom. The molecule has 8 heteroatoms. The van der Waals surface area contributed by atoms with Gasteiger partial charge in [0.05, 0.1) is 18.1 Å². The number of aromatic nitrogens is 1. The third-order valence-corrected chi connectivity index (χ3v) is 5.72. The van der Waals surface area contributed by atoms with Crippen molar-refractivity contribution in [1.29, 1.82) is 0 Å². The second-order valence-electron chi connectivity index (χ2n) is 6.46. The molecule has 2 fully saturated rings. The van der Waals surface area contributed by atoms with Crippen LogP contribution in [0.3, 0.4) is 0 Å². The zero-order valence-electron chi connectivity index (χ0n) is 14.9. The minimum absolute atomic E-state index is 0.0412. The number of likely N-dealkylation sites (N-methyl/N-ethyl adjacent to an activating group) is 1. The van der Waals surface area contributed by atoms with Crippen molar-refractivity contribution in [2.24, 2.45) is 0 Å². The summed E-state index contributed by atoms with van der Waals surface area (Å²) in [7, 11) is 1.47. The second kappa shape index (κ2) is 7.21. The number of ether oxygens (including phenoxy) is 1. The molecule has 3 amide bonds. The Labute approximate surface area is 160 Å². The second-order valence-corrected chi connectivity index (χ2v) is 7.46. The summed E-state index contributed by atoms with van der Waals surface area (Å²) in [6.07, 6.45) is 3.60. The van der Waals surface area contributed by atoms with Gasteiger partial charge in [-0.2, -0.15) is 0 Å². The van der Waals surface area contributed by atoms with Gasteiger partial charge in [0.1, 0.15) is 6.54 Å². The van der Waals surface area contributed by atoms with Gasteiger partial charge in [-0.05, 0) is 23.9 Å². The molecular weight excluding hydrogens is 366 g/mol. The van der Waals surface area contributed by atoms with Gasteiger partial charge in [-0.15, -0.1) is 0 Å². The maximum absolute atomic E-state index is 12.6. The molecule has 7 nitrogen and oxygen atoms in total. The van der Waals surface area contributed by atoms with Crippen molar-refractivity contribution in [1.82, 2.24) is 14.4 Å². The number of fused-ring (bicyclic) bond motifs is 1. The van der Waals surface area contributed by atoms with Crippen LogP contribution >= 0.6 is 11.8 Å². The summed E-state index contributed by atoms with van der Waals surface area (Å²) in [5.74, 6) is -0.259. The van der Waals surface area contributed by atoms with Crippen molar-refractivity contribution in [3.05, 3.63) is 40.9 Å². The van der Waals surface area contributed by atoms with Gasteiger partial charge in [-0.25, -0.2) is 0 Å². The zero-order valence-corrected chi connectivity index (χ0v) is 15.7. The Morgan fingerprint density at radius 2 is 1.96 bits per heavy atom. The summed E-state index contributed by atoms with van der Waals surface area (Å²) in [4.78, 5) is 39.9. The lowest BCUT2D eigenvalue weighted by molar-refractivity contribution is -0.135. The molecule has 27 heavy (non-hydrogen) atoms. The molecular formula is C19H19N3O4S. The van der Waals surface area contributed by atoms with E-state index in [1.165, 1.54) is 7.05 Å². The number of carbonyl (C=O) groups is 3. The Hall–Kier alpha value is -2.58. The van der Waals surface area contributed by atoms with Crippen LogP contribution in [0.4, 0.5) is 4.79 Å². The number of carbonyl (C=O) groups excluding carboxylic acids is 3. The lowest BCUT2D eigenvalue weighted by Crippen LogP contribution is -2.42. The number of hydrogen-bond acceptors (Lipinski definition) is 5. The summed E-state index contributed by atoms with van der Waals surface area (Å²) in [5, 5.41) is 0.660. The molecule has 140 valence electrons. The van der Waals surface area contributed by atoms with Crippen LogP contribution in [0.1, 0.15) is 5.56 Å². The van der Waals surface area contributed by atoms with Crippen molar-refractivity contribution < 1.29 is 19.1 Å². The molecule has 0 unspecified atom stereocenters. The maximum Gasteiger partial charge on any atom is 0.293 e. The van der Waals surface area contributed by atoms with Crippen molar-refractivity contribution >= 4 is 45.8 Å². The van der Waals surface area contributed by atoms with Crippen LogP contribution in [0, 0.1) is 0 Å². The molecule has 4 rings (SSSR count). The highest BCUT2D eigenvalue weighted by atomic mass is 32.2. The highest BCUT2D eigenvalue weighted by Gasteiger charge is 2.32. The molecule has 0 atom stereocenters. The number of morpholine rings is 1. The molecule has 0 bridgehead atoms. The largest absolute Gasteiger partial charge is 0.378 e. The number of imide groups is 1. The summed E-state index contributed by atoms with van der Waals surface area (Å²) < 4.78 is 7.20. The van der Waals surface area contributed by atoms with E-state index in [-0.39, 0.29) is 23.6 Å².